The second kappa shape index (κ2) is 9.16. The molecule has 162 valence electrons. The lowest BCUT2D eigenvalue weighted by Crippen LogP contribution is -2.32. The molecule has 2 amide bonds. The van der Waals surface area contributed by atoms with E-state index in [1.165, 1.54) is 4.90 Å². The molecule has 0 fully saturated rings. The molecule has 0 aromatic heterocycles. The largest absolute Gasteiger partial charge is 0.497 e. The van der Waals surface area contributed by atoms with Gasteiger partial charge in [0.1, 0.15) is 17.2 Å². The van der Waals surface area contributed by atoms with Crippen molar-refractivity contribution in [1.29, 1.82) is 0 Å². The molecule has 0 radical (unpaired) electrons. The van der Waals surface area contributed by atoms with Gasteiger partial charge in [-0.15, -0.1) is 0 Å². The van der Waals surface area contributed by atoms with Crippen molar-refractivity contribution in [3.63, 3.8) is 0 Å². The first kappa shape index (κ1) is 21.5. The molecular weight excluding hydrogens is 428 g/mol. The summed E-state index contributed by atoms with van der Waals surface area (Å²) in [5.74, 6) is 0.533. The van der Waals surface area contributed by atoms with Crippen molar-refractivity contribution in [3.05, 3.63) is 94.6 Å². The smallest absolute Gasteiger partial charge is 0.278 e. The van der Waals surface area contributed by atoms with E-state index in [0.29, 0.717) is 38.9 Å². The zero-order valence-corrected chi connectivity index (χ0v) is 18.3. The highest BCUT2D eigenvalue weighted by atomic mass is 35.5. The van der Waals surface area contributed by atoms with Gasteiger partial charge in [-0.05, 0) is 53.6 Å². The first-order valence-electron chi connectivity index (χ1n) is 9.91. The van der Waals surface area contributed by atoms with Gasteiger partial charge in [0.2, 0.25) is 0 Å². The van der Waals surface area contributed by atoms with E-state index < -0.39 is 11.8 Å². The molecule has 0 saturated carbocycles. The number of hydrogen-bond donors (Lipinski definition) is 1. The van der Waals surface area contributed by atoms with Crippen LogP contribution in [-0.2, 0) is 16.1 Å². The van der Waals surface area contributed by atoms with Crippen LogP contribution in [0.4, 0.5) is 5.69 Å². The summed E-state index contributed by atoms with van der Waals surface area (Å²) in [5, 5.41) is 3.62. The van der Waals surface area contributed by atoms with Crippen molar-refractivity contribution in [1.82, 2.24) is 4.90 Å². The molecule has 0 bridgehead atoms. The highest BCUT2D eigenvalue weighted by Gasteiger charge is 2.39. The minimum atomic E-state index is -0.420. The molecule has 3 aromatic carbocycles. The Morgan fingerprint density at radius 3 is 2.00 bits per heavy atom. The van der Waals surface area contributed by atoms with Gasteiger partial charge in [0.15, 0.2) is 0 Å². The van der Waals surface area contributed by atoms with E-state index in [1.807, 2.05) is 6.07 Å². The van der Waals surface area contributed by atoms with Crippen LogP contribution < -0.4 is 14.8 Å². The highest BCUT2D eigenvalue weighted by molar-refractivity contribution is 6.36. The van der Waals surface area contributed by atoms with Gasteiger partial charge in [0.05, 0.1) is 26.3 Å². The predicted molar refractivity (Wildman–Crippen MR) is 124 cm³/mol. The fourth-order valence-corrected chi connectivity index (χ4v) is 3.67. The van der Waals surface area contributed by atoms with Crippen molar-refractivity contribution in [2.45, 2.75) is 6.54 Å². The van der Waals surface area contributed by atoms with Crippen LogP contribution in [0.2, 0.25) is 5.02 Å². The maximum Gasteiger partial charge on any atom is 0.278 e. The molecule has 32 heavy (non-hydrogen) atoms. The van der Waals surface area contributed by atoms with E-state index >= 15 is 0 Å². The molecule has 6 nitrogen and oxygen atoms in total. The monoisotopic (exact) mass is 448 g/mol. The number of carbonyl (C=O) groups is 2. The number of nitrogens with zero attached hydrogens (tertiary/aromatic N) is 1. The van der Waals surface area contributed by atoms with Crippen molar-refractivity contribution in [3.8, 4) is 11.5 Å². The molecule has 0 spiro atoms. The Morgan fingerprint density at radius 1 is 0.812 bits per heavy atom. The average molecular weight is 449 g/mol. The van der Waals surface area contributed by atoms with E-state index in [9.17, 15) is 9.59 Å². The third kappa shape index (κ3) is 4.18. The van der Waals surface area contributed by atoms with Crippen molar-refractivity contribution in [2.75, 3.05) is 19.5 Å². The second-order valence-corrected chi connectivity index (χ2v) is 7.53. The van der Waals surface area contributed by atoms with Crippen LogP contribution in [0.1, 0.15) is 11.1 Å². The minimum Gasteiger partial charge on any atom is -0.497 e. The van der Waals surface area contributed by atoms with Gasteiger partial charge in [-0.2, -0.15) is 0 Å². The molecule has 1 aliphatic heterocycles. The lowest BCUT2D eigenvalue weighted by Gasteiger charge is -2.16. The Labute approximate surface area is 191 Å². The molecule has 7 heteroatoms. The van der Waals surface area contributed by atoms with Crippen molar-refractivity contribution < 1.29 is 19.1 Å². The minimum absolute atomic E-state index is 0.0742. The van der Waals surface area contributed by atoms with E-state index in [1.54, 1.807) is 80.9 Å². The number of methoxy groups -OCH3 is 2. The fourth-order valence-electron chi connectivity index (χ4n) is 3.48. The first-order valence-corrected chi connectivity index (χ1v) is 10.3. The molecule has 4 rings (SSSR count). The summed E-state index contributed by atoms with van der Waals surface area (Å²) in [6.45, 7) is 0.0742. The lowest BCUT2D eigenvalue weighted by atomic mass is 10.0. The van der Waals surface area contributed by atoms with Crippen LogP contribution in [0.25, 0.3) is 5.57 Å². The van der Waals surface area contributed by atoms with Gasteiger partial charge in [0.25, 0.3) is 11.8 Å². The van der Waals surface area contributed by atoms with Crippen LogP contribution >= 0.6 is 11.6 Å². The normalized spacial score (nSPS) is 13.5. The Bertz CT molecular complexity index is 1190. The van der Waals surface area contributed by atoms with Crippen LogP contribution in [0, 0.1) is 0 Å². The Kier molecular flexibility index (Phi) is 6.14. The SMILES string of the molecule is COc1ccc(NC2=C(c3ccc(OC)cc3)C(=O)N(Cc3ccccc3Cl)C2=O)cc1. The molecule has 0 unspecified atom stereocenters. The highest BCUT2D eigenvalue weighted by Crippen LogP contribution is 2.33. The van der Waals surface area contributed by atoms with Crippen molar-refractivity contribution in [2.24, 2.45) is 0 Å². The summed E-state index contributed by atoms with van der Waals surface area (Å²) in [6, 6.07) is 21.3. The van der Waals surface area contributed by atoms with Gasteiger partial charge in [-0.1, -0.05) is 41.9 Å². The Balaban J connectivity index is 1.73. The Hall–Kier alpha value is -3.77. The number of anilines is 1. The maximum atomic E-state index is 13.4. The van der Waals surface area contributed by atoms with Gasteiger partial charge >= 0.3 is 0 Å². The summed E-state index contributed by atoms with van der Waals surface area (Å²) < 4.78 is 10.4. The maximum absolute atomic E-state index is 13.4. The van der Waals surface area contributed by atoms with Crippen LogP contribution in [-0.4, -0.2) is 30.9 Å². The fraction of sp³-hybridized carbons (Fsp3) is 0.120. The average Bonchev–Trinajstić information content (AvgIpc) is 3.05. The number of benzene rings is 3. The molecule has 0 saturated heterocycles. The van der Waals surface area contributed by atoms with Gasteiger partial charge in [-0.25, -0.2) is 0 Å². The molecule has 1 heterocycles. The number of nitrogens with one attached hydrogen (secondary N) is 1. The van der Waals surface area contributed by atoms with Gasteiger partial charge < -0.3 is 14.8 Å². The molecular formula is C25H21ClN2O4. The third-order valence-corrected chi connectivity index (χ3v) is 5.56. The first-order chi connectivity index (χ1) is 15.5. The van der Waals surface area contributed by atoms with Crippen LogP contribution in [0.3, 0.4) is 0 Å². The number of halogens is 1. The van der Waals surface area contributed by atoms with E-state index in [4.69, 9.17) is 21.1 Å². The molecule has 1 aliphatic rings. The second-order valence-electron chi connectivity index (χ2n) is 7.12. The van der Waals surface area contributed by atoms with Crippen LogP contribution in [0.15, 0.2) is 78.5 Å². The van der Waals surface area contributed by atoms with Gasteiger partial charge in [-0.3, -0.25) is 14.5 Å². The summed E-state index contributed by atoms with van der Waals surface area (Å²) in [6.07, 6.45) is 0. The summed E-state index contributed by atoms with van der Waals surface area (Å²) in [7, 11) is 3.15. The number of hydrogen-bond acceptors (Lipinski definition) is 5. The van der Waals surface area contributed by atoms with E-state index in [-0.39, 0.29) is 12.2 Å². The molecule has 0 aliphatic carbocycles. The quantitative estimate of drug-likeness (QED) is 0.528. The number of imide groups is 1. The van der Waals surface area contributed by atoms with Gasteiger partial charge in [0, 0.05) is 10.7 Å². The third-order valence-electron chi connectivity index (χ3n) is 5.19. The molecule has 1 N–H and O–H groups in total. The summed E-state index contributed by atoms with van der Waals surface area (Å²) >= 11 is 6.28. The molecule has 3 aromatic rings. The lowest BCUT2D eigenvalue weighted by molar-refractivity contribution is -0.137. The topological polar surface area (TPSA) is 67.9 Å². The number of rotatable bonds is 7. The predicted octanol–water partition coefficient (Wildman–Crippen LogP) is 4.75. The van der Waals surface area contributed by atoms with Crippen molar-refractivity contribution >= 4 is 34.7 Å². The zero-order chi connectivity index (χ0) is 22.7. The molecule has 0 atom stereocenters. The summed E-state index contributed by atoms with van der Waals surface area (Å²) in [5.41, 5.74) is 2.46. The zero-order valence-electron chi connectivity index (χ0n) is 17.6. The van der Waals surface area contributed by atoms with E-state index in [2.05, 4.69) is 5.32 Å². The summed E-state index contributed by atoms with van der Waals surface area (Å²) in [4.78, 5) is 28.0. The standard InChI is InChI=1S/C25H21ClN2O4/c1-31-19-11-7-16(8-12-19)22-23(27-18-9-13-20(32-2)14-10-18)25(30)28(24(22)29)15-17-5-3-4-6-21(17)26/h3-14,27H,15H2,1-2H3. The van der Waals surface area contributed by atoms with E-state index in [0.717, 1.165) is 0 Å². The number of carbonyl (C=O) groups excluding carboxylic acids is 2. The number of amides is 2. The Morgan fingerprint density at radius 2 is 1.41 bits per heavy atom. The number of ether oxygens (including phenoxy) is 2. The van der Waals surface area contributed by atoms with Crippen LogP contribution in [0.5, 0.6) is 11.5 Å².